The Balaban J connectivity index is 1.65. The van der Waals surface area contributed by atoms with Crippen LogP contribution in [-0.2, 0) is 15.8 Å². The molecule has 1 aliphatic rings. The summed E-state index contributed by atoms with van der Waals surface area (Å²) in [4.78, 5) is 17.0. The quantitative estimate of drug-likeness (QED) is 0.905. The summed E-state index contributed by atoms with van der Waals surface area (Å²) < 4.78 is 26.9. The number of carbonyl (C=O) groups excluding carboxylic acids is 1. The number of benzene rings is 1. The van der Waals surface area contributed by atoms with Gasteiger partial charge in [-0.1, -0.05) is 29.8 Å². The number of aromatic nitrogens is 1. The Kier molecular flexibility index (Phi) is 5.24. The van der Waals surface area contributed by atoms with Gasteiger partial charge in [0.25, 0.3) is 5.91 Å². The van der Waals surface area contributed by atoms with E-state index in [1.165, 1.54) is 4.31 Å². The van der Waals surface area contributed by atoms with Gasteiger partial charge in [0.15, 0.2) is 0 Å². The predicted octanol–water partition coefficient (Wildman–Crippen LogP) is 2.00. The first-order valence-electron chi connectivity index (χ1n) is 8.42. The van der Waals surface area contributed by atoms with Crippen LogP contribution in [0.1, 0.15) is 28.0 Å². The lowest BCUT2D eigenvalue weighted by Gasteiger charge is -2.21. The molecule has 2 heterocycles. The number of nitrogens with zero attached hydrogens (tertiary/aromatic N) is 2. The van der Waals surface area contributed by atoms with Gasteiger partial charge < -0.3 is 9.88 Å². The van der Waals surface area contributed by atoms with Crippen LogP contribution in [-0.4, -0.2) is 54.7 Å². The highest BCUT2D eigenvalue weighted by atomic mass is 32.2. The lowest BCUT2D eigenvalue weighted by Crippen LogP contribution is -2.37. The highest BCUT2D eigenvalue weighted by molar-refractivity contribution is 7.88. The molecule has 25 heavy (non-hydrogen) atoms. The number of carbonyl (C=O) groups is 1. The number of nitrogens with one attached hydrogen (secondary N) is 1. The Hall–Kier alpha value is -2.12. The van der Waals surface area contributed by atoms with Gasteiger partial charge in [-0.3, -0.25) is 4.79 Å². The molecule has 1 aromatic carbocycles. The fourth-order valence-electron chi connectivity index (χ4n) is 2.99. The maximum atomic E-state index is 12.7. The first-order valence-corrected chi connectivity index (χ1v) is 10.0. The molecule has 1 saturated heterocycles. The van der Waals surface area contributed by atoms with Crippen molar-refractivity contribution in [2.24, 2.45) is 0 Å². The summed E-state index contributed by atoms with van der Waals surface area (Å²) in [6.07, 6.45) is 2.35. The third-order valence-electron chi connectivity index (χ3n) is 4.43. The summed E-state index contributed by atoms with van der Waals surface area (Å²) in [6, 6.07) is 11.1. The van der Waals surface area contributed by atoms with Crippen molar-refractivity contribution >= 4 is 15.9 Å². The van der Waals surface area contributed by atoms with Gasteiger partial charge in [-0.25, -0.2) is 8.42 Å². The van der Waals surface area contributed by atoms with Crippen LogP contribution < -0.4 is 0 Å². The van der Waals surface area contributed by atoms with Crippen molar-refractivity contribution in [3.05, 3.63) is 59.4 Å². The van der Waals surface area contributed by atoms with Crippen LogP contribution in [0, 0.1) is 6.92 Å². The molecular formula is C18H23N3O3S. The normalized spacial score (nSPS) is 16.6. The first-order chi connectivity index (χ1) is 12.0. The second-order valence-corrected chi connectivity index (χ2v) is 8.34. The van der Waals surface area contributed by atoms with E-state index in [-0.39, 0.29) is 11.7 Å². The predicted molar refractivity (Wildman–Crippen MR) is 96.7 cm³/mol. The molecule has 134 valence electrons. The molecule has 1 N–H and O–H groups in total. The van der Waals surface area contributed by atoms with E-state index < -0.39 is 10.0 Å². The first kappa shape index (κ1) is 17.7. The number of H-pyrrole nitrogens is 1. The number of amides is 1. The van der Waals surface area contributed by atoms with E-state index in [0.29, 0.717) is 38.3 Å². The fourth-order valence-corrected chi connectivity index (χ4v) is 4.56. The van der Waals surface area contributed by atoms with Gasteiger partial charge in [-0.15, -0.1) is 0 Å². The highest BCUT2D eigenvalue weighted by Gasteiger charge is 2.27. The van der Waals surface area contributed by atoms with Crippen LogP contribution in [0.2, 0.25) is 0 Å². The number of aromatic amines is 1. The lowest BCUT2D eigenvalue weighted by molar-refractivity contribution is 0.0759. The summed E-state index contributed by atoms with van der Waals surface area (Å²) in [5.74, 6) is -0.0829. The van der Waals surface area contributed by atoms with E-state index in [9.17, 15) is 13.2 Å². The van der Waals surface area contributed by atoms with Crippen LogP contribution in [0.3, 0.4) is 0 Å². The zero-order chi connectivity index (χ0) is 17.9. The Morgan fingerprint density at radius 3 is 2.52 bits per heavy atom. The maximum Gasteiger partial charge on any atom is 0.270 e. The molecule has 0 aliphatic carbocycles. The second kappa shape index (κ2) is 7.41. The fraction of sp³-hybridized carbons (Fsp3) is 0.389. The van der Waals surface area contributed by atoms with E-state index in [2.05, 4.69) is 4.98 Å². The number of sulfonamides is 1. The van der Waals surface area contributed by atoms with Crippen molar-refractivity contribution in [2.75, 3.05) is 26.2 Å². The second-order valence-electron chi connectivity index (χ2n) is 6.37. The average molecular weight is 361 g/mol. The molecule has 6 nitrogen and oxygen atoms in total. The van der Waals surface area contributed by atoms with Crippen LogP contribution >= 0.6 is 0 Å². The van der Waals surface area contributed by atoms with E-state index in [1.54, 1.807) is 23.2 Å². The number of hydrogen-bond donors (Lipinski definition) is 1. The van der Waals surface area contributed by atoms with Crippen LogP contribution in [0.4, 0.5) is 0 Å². The molecule has 1 aliphatic heterocycles. The number of aryl methyl sites for hydroxylation is 1. The van der Waals surface area contributed by atoms with Gasteiger partial charge >= 0.3 is 0 Å². The molecule has 1 amide bonds. The van der Waals surface area contributed by atoms with E-state index in [0.717, 1.165) is 11.1 Å². The molecule has 1 aromatic heterocycles. The van der Waals surface area contributed by atoms with Crippen LogP contribution in [0.15, 0.2) is 42.6 Å². The third-order valence-corrected chi connectivity index (χ3v) is 6.28. The monoisotopic (exact) mass is 361 g/mol. The van der Waals surface area contributed by atoms with Crippen molar-refractivity contribution < 1.29 is 13.2 Å². The Morgan fingerprint density at radius 2 is 1.84 bits per heavy atom. The molecule has 0 bridgehead atoms. The Labute approximate surface area is 148 Å². The van der Waals surface area contributed by atoms with Gasteiger partial charge in [-0.2, -0.15) is 4.31 Å². The van der Waals surface area contributed by atoms with E-state index in [4.69, 9.17) is 0 Å². The van der Waals surface area contributed by atoms with Crippen molar-refractivity contribution in [1.82, 2.24) is 14.2 Å². The number of rotatable bonds is 4. The molecule has 0 radical (unpaired) electrons. The van der Waals surface area contributed by atoms with E-state index >= 15 is 0 Å². The highest BCUT2D eigenvalue weighted by Crippen LogP contribution is 2.15. The van der Waals surface area contributed by atoms with Gasteiger partial charge in [0.1, 0.15) is 5.69 Å². The molecule has 1 fully saturated rings. The molecule has 2 aromatic rings. The molecular weight excluding hydrogens is 338 g/mol. The van der Waals surface area contributed by atoms with Gasteiger partial charge in [0.05, 0.1) is 5.75 Å². The van der Waals surface area contributed by atoms with Gasteiger partial charge in [-0.05, 0) is 31.0 Å². The molecule has 0 unspecified atom stereocenters. The molecule has 0 saturated carbocycles. The molecule has 7 heteroatoms. The van der Waals surface area contributed by atoms with Crippen molar-refractivity contribution in [3.63, 3.8) is 0 Å². The summed E-state index contributed by atoms with van der Waals surface area (Å²) in [5, 5.41) is 0. The van der Waals surface area contributed by atoms with Crippen molar-refractivity contribution in [1.29, 1.82) is 0 Å². The van der Waals surface area contributed by atoms with Crippen molar-refractivity contribution in [3.8, 4) is 0 Å². The molecule has 3 rings (SSSR count). The summed E-state index contributed by atoms with van der Waals surface area (Å²) >= 11 is 0. The third kappa shape index (κ3) is 4.29. The average Bonchev–Trinajstić information content (AvgIpc) is 3.00. The van der Waals surface area contributed by atoms with E-state index in [1.807, 2.05) is 31.2 Å². The smallest absolute Gasteiger partial charge is 0.270 e. The zero-order valence-corrected chi connectivity index (χ0v) is 15.1. The minimum absolute atomic E-state index is 0.00213. The lowest BCUT2D eigenvalue weighted by atomic mass is 10.2. The zero-order valence-electron chi connectivity index (χ0n) is 14.3. The largest absolute Gasteiger partial charge is 0.357 e. The topological polar surface area (TPSA) is 73.5 Å². The summed E-state index contributed by atoms with van der Waals surface area (Å²) in [7, 11) is -3.39. The van der Waals surface area contributed by atoms with Crippen LogP contribution in [0.25, 0.3) is 0 Å². The standard InChI is InChI=1S/C18H23N3O3S/c1-15-5-7-16(8-6-15)14-25(23,24)21-11-3-10-20(12-13-21)18(22)17-4-2-9-19-17/h2,4-9,19H,3,10-14H2,1H3. The Bertz CT molecular complexity index is 814. The minimum Gasteiger partial charge on any atom is -0.357 e. The molecule has 0 atom stereocenters. The SMILES string of the molecule is Cc1ccc(CS(=O)(=O)N2CCCN(C(=O)c3ccc[nH]3)CC2)cc1. The summed E-state index contributed by atoms with van der Waals surface area (Å²) in [6.45, 7) is 3.73. The molecule has 0 spiro atoms. The maximum absolute atomic E-state index is 12.7. The Morgan fingerprint density at radius 1 is 1.08 bits per heavy atom. The minimum atomic E-state index is -3.39. The van der Waals surface area contributed by atoms with Gasteiger partial charge in [0, 0.05) is 32.4 Å². The number of hydrogen-bond acceptors (Lipinski definition) is 3. The van der Waals surface area contributed by atoms with Crippen LogP contribution in [0.5, 0.6) is 0 Å². The summed E-state index contributed by atoms with van der Waals surface area (Å²) in [5.41, 5.74) is 2.43. The van der Waals surface area contributed by atoms with Gasteiger partial charge in [0.2, 0.25) is 10.0 Å². The van der Waals surface area contributed by atoms with Crippen molar-refractivity contribution in [2.45, 2.75) is 19.1 Å².